The SMILES string of the molecule is C#CC1([C@H](NC(=O)c2ccc(C#CC#CCCO)cc2)C(=O)O)CS(=O)(=O)C1. The number of carboxylic acids is 1. The van der Waals surface area contributed by atoms with Crippen LogP contribution in [-0.2, 0) is 14.6 Å². The van der Waals surface area contributed by atoms with Crippen molar-refractivity contribution in [1.82, 2.24) is 5.32 Å². The molecule has 1 aliphatic heterocycles. The number of carboxylic acid groups (broad SMARTS) is 1. The van der Waals surface area contributed by atoms with E-state index >= 15 is 0 Å². The quantitative estimate of drug-likeness (QED) is 0.583. The summed E-state index contributed by atoms with van der Waals surface area (Å²) < 4.78 is 23.0. The first kappa shape index (κ1) is 21.1. The largest absolute Gasteiger partial charge is 0.480 e. The second-order valence-electron chi connectivity index (χ2n) is 6.18. The van der Waals surface area contributed by atoms with E-state index in [1.807, 2.05) is 0 Å². The number of aliphatic carboxylic acids is 1. The van der Waals surface area contributed by atoms with Crippen molar-refractivity contribution in [2.24, 2.45) is 5.41 Å². The molecule has 7 nitrogen and oxygen atoms in total. The van der Waals surface area contributed by atoms with Gasteiger partial charge in [-0.15, -0.1) is 6.42 Å². The van der Waals surface area contributed by atoms with E-state index in [9.17, 15) is 23.1 Å². The minimum absolute atomic E-state index is 0.0390. The predicted octanol–water partition coefficient (Wildman–Crippen LogP) is -0.345. The van der Waals surface area contributed by atoms with Crippen LogP contribution in [0.1, 0.15) is 22.3 Å². The fourth-order valence-corrected chi connectivity index (χ4v) is 4.68. The van der Waals surface area contributed by atoms with E-state index < -0.39 is 44.7 Å². The van der Waals surface area contributed by atoms with E-state index in [1.165, 1.54) is 12.1 Å². The molecule has 0 bridgehead atoms. The van der Waals surface area contributed by atoms with Crippen LogP contribution in [0.2, 0.25) is 0 Å². The normalized spacial score (nSPS) is 16.6. The van der Waals surface area contributed by atoms with E-state index in [4.69, 9.17) is 11.5 Å². The first-order valence-corrected chi connectivity index (χ1v) is 9.97. The van der Waals surface area contributed by atoms with Crippen LogP contribution in [0.4, 0.5) is 0 Å². The summed E-state index contributed by atoms with van der Waals surface area (Å²) in [5.74, 6) is 9.77. The van der Waals surface area contributed by atoms with E-state index in [0.29, 0.717) is 12.0 Å². The highest BCUT2D eigenvalue weighted by Crippen LogP contribution is 2.36. The number of aliphatic hydroxyl groups is 1. The third kappa shape index (κ3) is 4.92. The van der Waals surface area contributed by atoms with E-state index in [0.717, 1.165) is 0 Å². The van der Waals surface area contributed by atoms with E-state index in [2.05, 4.69) is 34.9 Å². The number of carbonyl (C=O) groups excluding carboxylic acids is 1. The van der Waals surface area contributed by atoms with Gasteiger partial charge in [0.2, 0.25) is 0 Å². The highest BCUT2D eigenvalue weighted by molar-refractivity contribution is 7.92. The Kier molecular flexibility index (Phi) is 6.49. The molecule has 1 aliphatic rings. The Hall–Kier alpha value is -3.25. The molecule has 1 atom stereocenters. The fourth-order valence-electron chi connectivity index (χ4n) is 2.70. The average molecular weight is 399 g/mol. The van der Waals surface area contributed by atoms with Gasteiger partial charge in [0, 0.05) is 17.5 Å². The smallest absolute Gasteiger partial charge is 0.327 e. The predicted molar refractivity (Wildman–Crippen MR) is 102 cm³/mol. The van der Waals surface area contributed by atoms with E-state index in [1.54, 1.807) is 12.1 Å². The number of amides is 1. The summed E-state index contributed by atoms with van der Waals surface area (Å²) in [5, 5.41) is 20.4. The van der Waals surface area contributed by atoms with Crippen LogP contribution in [0.15, 0.2) is 24.3 Å². The number of aliphatic hydroxyl groups excluding tert-OH is 1. The van der Waals surface area contributed by atoms with Crippen LogP contribution in [0.3, 0.4) is 0 Å². The third-order valence-corrected chi connectivity index (χ3v) is 5.97. The minimum Gasteiger partial charge on any atom is -0.480 e. The van der Waals surface area contributed by atoms with Crippen molar-refractivity contribution in [2.75, 3.05) is 18.1 Å². The van der Waals surface area contributed by atoms with Crippen LogP contribution in [0.25, 0.3) is 0 Å². The van der Waals surface area contributed by atoms with Gasteiger partial charge in [-0.1, -0.05) is 17.8 Å². The molecule has 1 fully saturated rings. The molecule has 1 heterocycles. The maximum absolute atomic E-state index is 12.4. The molecule has 1 amide bonds. The van der Waals surface area contributed by atoms with Crippen molar-refractivity contribution in [1.29, 1.82) is 0 Å². The first-order chi connectivity index (χ1) is 13.2. The van der Waals surface area contributed by atoms with Gasteiger partial charge in [-0.2, -0.15) is 0 Å². The summed E-state index contributed by atoms with van der Waals surface area (Å²) in [4.78, 5) is 24.0. The molecule has 144 valence electrons. The average Bonchev–Trinajstić information content (AvgIpc) is 2.63. The summed E-state index contributed by atoms with van der Waals surface area (Å²) in [6, 6.07) is 4.53. The van der Waals surface area contributed by atoms with Crippen molar-refractivity contribution in [3.8, 4) is 36.0 Å². The van der Waals surface area contributed by atoms with Gasteiger partial charge in [0.1, 0.15) is 6.04 Å². The summed E-state index contributed by atoms with van der Waals surface area (Å²) >= 11 is 0. The van der Waals surface area contributed by atoms with Gasteiger partial charge in [-0.3, -0.25) is 4.79 Å². The molecule has 2 rings (SSSR count). The fraction of sp³-hybridized carbons (Fsp3) is 0.300. The maximum Gasteiger partial charge on any atom is 0.327 e. The molecule has 28 heavy (non-hydrogen) atoms. The molecule has 1 aromatic carbocycles. The number of benzene rings is 1. The lowest BCUT2D eigenvalue weighted by Crippen LogP contribution is -2.63. The highest BCUT2D eigenvalue weighted by Gasteiger charge is 2.56. The lowest BCUT2D eigenvalue weighted by Gasteiger charge is -2.40. The van der Waals surface area contributed by atoms with Gasteiger partial charge in [-0.05, 0) is 36.1 Å². The zero-order valence-corrected chi connectivity index (χ0v) is 15.5. The second-order valence-corrected chi connectivity index (χ2v) is 8.24. The summed E-state index contributed by atoms with van der Waals surface area (Å²) in [5.41, 5.74) is -0.689. The van der Waals surface area contributed by atoms with Gasteiger partial charge in [0.25, 0.3) is 5.91 Å². The number of rotatable bonds is 5. The number of carbonyl (C=O) groups is 2. The molecule has 0 spiro atoms. The lowest BCUT2D eigenvalue weighted by atomic mass is 9.83. The third-order valence-electron chi connectivity index (χ3n) is 4.06. The zero-order valence-electron chi connectivity index (χ0n) is 14.7. The molecule has 1 aromatic rings. The maximum atomic E-state index is 12.4. The Morgan fingerprint density at radius 2 is 1.86 bits per heavy atom. The molecule has 3 N–H and O–H groups in total. The Morgan fingerprint density at radius 3 is 2.36 bits per heavy atom. The number of terminal acetylenes is 1. The second kappa shape index (κ2) is 8.63. The first-order valence-electron chi connectivity index (χ1n) is 8.15. The van der Waals surface area contributed by atoms with Gasteiger partial charge < -0.3 is 15.5 Å². The van der Waals surface area contributed by atoms with Crippen LogP contribution < -0.4 is 5.32 Å². The lowest BCUT2D eigenvalue weighted by molar-refractivity contribution is -0.141. The molecule has 0 unspecified atom stereocenters. The van der Waals surface area contributed by atoms with Crippen molar-refractivity contribution in [3.63, 3.8) is 0 Å². The standard InChI is InChI=1S/C20H17NO6S/c1-2-20(13-28(26,27)14-20)17(19(24)25)21-18(23)16-10-8-15(9-11-16)7-5-3-4-6-12-22/h1,8-11,17,22H,6,12-14H2,(H,21,23)(H,24,25)/t17-/m1/s1. The number of nitrogens with one attached hydrogen (secondary N) is 1. The molecule has 0 aromatic heterocycles. The number of hydrogen-bond donors (Lipinski definition) is 3. The Labute approximate surface area is 163 Å². The van der Waals surface area contributed by atoms with Crippen LogP contribution in [0.5, 0.6) is 0 Å². The Balaban J connectivity index is 2.12. The van der Waals surface area contributed by atoms with Gasteiger partial charge >= 0.3 is 5.97 Å². The zero-order chi connectivity index (χ0) is 20.8. The highest BCUT2D eigenvalue weighted by atomic mass is 32.2. The summed E-state index contributed by atoms with van der Waals surface area (Å²) in [6.45, 7) is -0.0390. The molecule has 0 radical (unpaired) electrons. The molecular weight excluding hydrogens is 382 g/mol. The van der Waals surface area contributed by atoms with Crippen LogP contribution >= 0.6 is 0 Å². The Morgan fingerprint density at radius 1 is 1.21 bits per heavy atom. The van der Waals surface area contributed by atoms with Crippen LogP contribution in [0, 0.1) is 41.4 Å². The van der Waals surface area contributed by atoms with Crippen molar-refractivity contribution < 1.29 is 28.2 Å². The summed E-state index contributed by atoms with van der Waals surface area (Å²) in [6.07, 6.45) is 5.70. The van der Waals surface area contributed by atoms with Crippen molar-refractivity contribution in [3.05, 3.63) is 35.4 Å². The van der Waals surface area contributed by atoms with E-state index in [-0.39, 0.29) is 12.2 Å². The Bertz CT molecular complexity index is 1030. The molecule has 0 aliphatic carbocycles. The van der Waals surface area contributed by atoms with Crippen molar-refractivity contribution in [2.45, 2.75) is 12.5 Å². The van der Waals surface area contributed by atoms with Gasteiger partial charge in [-0.25, -0.2) is 13.2 Å². The molecule has 0 saturated carbocycles. The van der Waals surface area contributed by atoms with Gasteiger partial charge in [0.05, 0.1) is 23.5 Å². The number of hydrogen-bond acceptors (Lipinski definition) is 5. The monoisotopic (exact) mass is 399 g/mol. The number of sulfone groups is 1. The van der Waals surface area contributed by atoms with Gasteiger partial charge in [0.15, 0.2) is 9.84 Å². The van der Waals surface area contributed by atoms with Crippen molar-refractivity contribution >= 4 is 21.7 Å². The topological polar surface area (TPSA) is 121 Å². The molecule has 8 heteroatoms. The summed E-state index contributed by atoms with van der Waals surface area (Å²) in [7, 11) is -3.40. The molecular formula is C20H17NO6S. The molecule has 1 saturated heterocycles. The minimum atomic E-state index is -3.40. The van der Waals surface area contributed by atoms with Crippen LogP contribution in [-0.4, -0.2) is 54.7 Å².